The average molecular weight is 498 g/mol. The topological polar surface area (TPSA) is 77.6 Å². The van der Waals surface area contributed by atoms with E-state index in [1.54, 1.807) is 12.4 Å². The third-order valence-corrected chi connectivity index (χ3v) is 6.01. The van der Waals surface area contributed by atoms with Crippen LogP contribution in [0.2, 0.25) is 0 Å². The van der Waals surface area contributed by atoms with Gasteiger partial charge >= 0.3 is 0 Å². The number of rotatable bonds is 9. The minimum Gasteiger partial charge on any atom is -0.361 e. The second kappa shape index (κ2) is 17.0. The Hall–Kier alpha value is -2.61. The van der Waals surface area contributed by atoms with Gasteiger partial charge < -0.3 is 30.0 Å². The number of nitrogens with zero attached hydrogens (tertiary/aromatic N) is 3. The molecule has 0 aliphatic carbocycles. The maximum atomic E-state index is 11.5. The van der Waals surface area contributed by atoms with Gasteiger partial charge in [-0.3, -0.25) is 4.98 Å². The number of carbonyl (C=O) groups is 2. The van der Waals surface area contributed by atoms with E-state index in [-0.39, 0.29) is 17.5 Å². The Kier molecular flexibility index (Phi) is 14.8. The standard InChI is InChI=1S/C18H22N2O.C6H16N2.C5H9NO/c1-18(2,3)15-7-9-16(10-8-15)20(4)17(13-21)14-6-5-11-19-12-14;1-7-5-4-6-8(2)3;7-4-5-2-1-3-6-5/h5-13,17H,1-4H3;7H,4-6H2,1-3H3;4-6H,1-3H2. The number of hydrogen-bond acceptors (Lipinski definition) is 7. The van der Waals surface area contributed by atoms with Crippen molar-refractivity contribution in [2.75, 3.05) is 52.7 Å². The number of likely N-dealkylation sites (N-methyl/N-ethyl adjacent to an activating group) is 1. The average Bonchev–Trinajstić information content (AvgIpc) is 3.40. The predicted molar refractivity (Wildman–Crippen MR) is 151 cm³/mol. The highest BCUT2D eigenvalue weighted by Gasteiger charge is 2.18. The fourth-order valence-corrected chi connectivity index (χ4v) is 3.70. The van der Waals surface area contributed by atoms with E-state index in [1.165, 1.54) is 18.5 Å². The Labute approximate surface area is 218 Å². The van der Waals surface area contributed by atoms with Crippen LogP contribution < -0.4 is 15.5 Å². The minimum atomic E-state index is -0.320. The third-order valence-electron chi connectivity index (χ3n) is 6.01. The second-order valence-electron chi connectivity index (χ2n) is 10.4. The molecule has 3 rings (SSSR count). The molecule has 1 aliphatic rings. The van der Waals surface area contributed by atoms with Crippen LogP contribution >= 0.6 is 0 Å². The molecular weight excluding hydrogens is 450 g/mol. The van der Waals surface area contributed by atoms with Crippen LogP contribution in [-0.2, 0) is 15.0 Å². The van der Waals surface area contributed by atoms with Crippen molar-refractivity contribution in [1.82, 2.24) is 20.5 Å². The van der Waals surface area contributed by atoms with E-state index in [2.05, 4.69) is 79.6 Å². The molecule has 2 heterocycles. The summed E-state index contributed by atoms with van der Waals surface area (Å²) < 4.78 is 0. The van der Waals surface area contributed by atoms with Crippen LogP contribution in [-0.4, -0.2) is 76.3 Å². The molecule has 0 bridgehead atoms. The fourth-order valence-electron chi connectivity index (χ4n) is 3.70. The van der Waals surface area contributed by atoms with Crippen LogP contribution in [0, 0.1) is 0 Å². The molecule has 0 amide bonds. The van der Waals surface area contributed by atoms with Gasteiger partial charge in [-0.1, -0.05) is 39.0 Å². The molecule has 1 fully saturated rings. The Bertz CT molecular complexity index is 844. The molecule has 2 N–H and O–H groups in total. The molecular formula is C29H47N5O2. The summed E-state index contributed by atoms with van der Waals surface area (Å²) in [6.45, 7) is 9.89. The first-order valence-electron chi connectivity index (χ1n) is 12.8. The number of aldehydes is 2. The number of anilines is 1. The molecule has 1 aliphatic heterocycles. The van der Waals surface area contributed by atoms with Crippen LogP contribution in [0.15, 0.2) is 48.8 Å². The zero-order chi connectivity index (χ0) is 27.0. The fraction of sp³-hybridized carbons (Fsp3) is 0.552. The maximum absolute atomic E-state index is 11.5. The van der Waals surface area contributed by atoms with Crippen LogP contribution in [0.4, 0.5) is 5.69 Å². The van der Waals surface area contributed by atoms with Crippen molar-refractivity contribution >= 4 is 18.3 Å². The highest BCUT2D eigenvalue weighted by molar-refractivity contribution is 5.68. The summed E-state index contributed by atoms with van der Waals surface area (Å²) in [5.74, 6) is 0. The van der Waals surface area contributed by atoms with E-state index in [9.17, 15) is 9.59 Å². The number of hydrogen-bond donors (Lipinski definition) is 2. The summed E-state index contributed by atoms with van der Waals surface area (Å²) in [5, 5.41) is 6.13. The van der Waals surface area contributed by atoms with Crippen LogP contribution in [0.5, 0.6) is 0 Å². The molecule has 1 saturated heterocycles. The van der Waals surface area contributed by atoms with Gasteiger partial charge in [-0.2, -0.15) is 0 Å². The first-order chi connectivity index (χ1) is 17.1. The van der Waals surface area contributed by atoms with Crippen molar-refractivity contribution in [3.8, 4) is 0 Å². The van der Waals surface area contributed by atoms with E-state index in [0.717, 1.165) is 49.8 Å². The molecule has 2 aromatic rings. The summed E-state index contributed by atoms with van der Waals surface area (Å²) in [4.78, 5) is 29.7. The number of nitrogens with one attached hydrogen (secondary N) is 2. The first-order valence-corrected chi connectivity index (χ1v) is 12.8. The van der Waals surface area contributed by atoms with Gasteiger partial charge in [-0.15, -0.1) is 0 Å². The number of carbonyl (C=O) groups excluding carboxylic acids is 2. The summed E-state index contributed by atoms with van der Waals surface area (Å²) in [6.07, 6.45) is 8.81. The maximum Gasteiger partial charge on any atom is 0.147 e. The quantitative estimate of drug-likeness (QED) is 0.402. The van der Waals surface area contributed by atoms with E-state index in [0.29, 0.717) is 0 Å². The van der Waals surface area contributed by atoms with Crippen molar-refractivity contribution in [3.05, 3.63) is 59.9 Å². The third kappa shape index (κ3) is 11.9. The first kappa shape index (κ1) is 31.4. The normalized spacial score (nSPS) is 15.7. The van der Waals surface area contributed by atoms with Gasteiger partial charge in [-0.05, 0) is 94.8 Å². The van der Waals surface area contributed by atoms with E-state index < -0.39 is 0 Å². The summed E-state index contributed by atoms with van der Waals surface area (Å²) in [7, 11) is 8.10. The van der Waals surface area contributed by atoms with Gasteiger partial charge in [-0.25, -0.2) is 0 Å². The molecule has 36 heavy (non-hydrogen) atoms. The SMILES string of the molecule is CN(c1ccc(C(C)(C)C)cc1)C(C=O)c1cccnc1.CNCCCN(C)C.O=CC1CCCN1. The van der Waals surface area contributed by atoms with Crippen LogP contribution in [0.1, 0.15) is 57.2 Å². The molecule has 7 heteroatoms. The van der Waals surface area contributed by atoms with Gasteiger partial charge in [0, 0.05) is 25.1 Å². The van der Waals surface area contributed by atoms with Gasteiger partial charge in [0.1, 0.15) is 18.6 Å². The zero-order valence-electron chi connectivity index (χ0n) is 23.3. The van der Waals surface area contributed by atoms with E-state index in [1.807, 2.05) is 31.1 Å². The molecule has 200 valence electrons. The van der Waals surface area contributed by atoms with Gasteiger partial charge in [0.05, 0.1) is 6.04 Å². The lowest BCUT2D eigenvalue weighted by Gasteiger charge is -2.27. The lowest BCUT2D eigenvalue weighted by Crippen LogP contribution is -2.25. The van der Waals surface area contributed by atoms with Gasteiger partial charge in [0.2, 0.25) is 0 Å². The van der Waals surface area contributed by atoms with E-state index >= 15 is 0 Å². The van der Waals surface area contributed by atoms with Crippen molar-refractivity contribution in [3.63, 3.8) is 0 Å². The molecule has 0 spiro atoms. The predicted octanol–water partition coefficient (Wildman–Crippen LogP) is 3.85. The monoisotopic (exact) mass is 497 g/mol. The van der Waals surface area contributed by atoms with E-state index in [4.69, 9.17) is 0 Å². The van der Waals surface area contributed by atoms with Crippen molar-refractivity contribution in [1.29, 1.82) is 0 Å². The molecule has 1 aromatic heterocycles. The molecule has 7 nitrogen and oxygen atoms in total. The molecule has 0 radical (unpaired) electrons. The Morgan fingerprint density at radius 2 is 1.83 bits per heavy atom. The summed E-state index contributed by atoms with van der Waals surface area (Å²) in [5.41, 5.74) is 3.33. The van der Waals surface area contributed by atoms with Crippen LogP contribution in [0.3, 0.4) is 0 Å². The number of benzene rings is 1. The number of pyridine rings is 1. The summed E-state index contributed by atoms with van der Waals surface area (Å²) in [6, 6.07) is 12.0. The van der Waals surface area contributed by atoms with Crippen molar-refractivity contribution in [2.24, 2.45) is 0 Å². The van der Waals surface area contributed by atoms with Crippen LogP contribution in [0.25, 0.3) is 0 Å². The summed E-state index contributed by atoms with van der Waals surface area (Å²) >= 11 is 0. The highest BCUT2D eigenvalue weighted by atomic mass is 16.1. The Balaban J connectivity index is 0.000000352. The lowest BCUT2D eigenvalue weighted by atomic mass is 9.87. The minimum absolute atomic E-state index is 0.129. The van der Waals surface area contributed by atoms with Gasteiger partial charge in [0.25, 0.3) is 0 Å². The molecule has 2 atom stereocenters. The van der Waals surface area contributed by atoms with Crippen molar-refractivity contribution in [2.45, 2.75) is 57.5 Å². The van der Waals surface area contributed by atoms with Gasteiger partial charge in [0.15, 0.2) is 0 Å². The van der Waals surface area contributed by atoms with Crippen molar-refractivity contribution < 1.29 is 9.59 Å². The molecule has 2 unspecified atom stereocenters. The molecule has 1 aromatic carbocycles. The second-order valence-corrected chi connectivity index (χ2v) is 10.4. The number of aromatic nitrogens is 1. The highest BCUT2D eigenvalue weighted by Crippen LogP contribution is 2.27. The Morgan fingerprint density at radius 1 is 1.14 bits per heavy atom. The zero-order valence-corrected chi connectivity index (χ0v) is 23.3. The Morgan fingerprint density at radius 3 is 2.25 bits per heavy atom. The molecule has 0 saturated carbocycles. The lowest BCUT2D eigenvalue weighted by molar-refractivity contribution is -0.109. The largest absolute Gasteiger partial charge is 0.361 e. The smallest absolute Gasteiger partial charge is 0.147 e.